The Balaban J connectivity index is 1.60. The van der Waals surface area contributed by atoms with Crippen LogP contribution in [-0.2, 0) is 12.8 Å². The van der Waals surface area contributed by atoms with Crippen LogP contribution in [0, 0.1) is 13.8 Å². The van der Waals surface area contributed by atoms with E-state index in [2.05, 4.69) is 26.0 Å². The van der Waals surface area contributed by atoms with Gasteiger partial charge in [-0.3, -0.25) is 0 Å². The molecule has 0 aliphatic carbocycles. The number of aryl methyl sites for hydroxylation is 4. The van der Waals surface area contributed by atoms with E-state index in [0.29, 0.717) is 19.3 Å². The Morgan fingerprint density at radius 1 is 0.778 bits per heavy atom. The zero-order chi connectivity index (χ0) is 19.1. The Hall–Kier alpha value is -2.04. The number of fused-ring (bicyclic) bond motifs is 2. The van der Waals surface area contributed by atoms with Crippen LogP contribution in [0.15, 0.2) is 36.4 Å². The smallest absolute Gasteiger partial charge is 0.136 e. The number of aliphatic hydroxyl groups excluding tert-OH is 2. The summed E-state index contributed by atoms with van der Waals surface area (Å²) in [6.07, 6.45) is 3.61. The molecule has 2 heterocycles. The van der Waals surface area contributed by atoms with Crippen molar-refractivity contribution in [2.24, 2.45) is 0 Å². The van der Waals surface area contributed by atoms with Gasteiger partial charge in [0.05, 0.1) is 13.2 Å². The highest BCUT2D eigenvalue weighted by Crippen LogP contribution is 2.43. The van der Waals surface area contributed by atoms with E-state index in [-0.39, 0.29) is 13.2 Å². The number of hydrogen-bond donors (Lipinski definition) is 2. The maximum Gasteiger partial charge on any atom is 0.136 e. The summed E-state index contributed by atoms with van der Waals surface area (Å²) >= 11 is 0. The molecular weight excluding hydrogens is 340 g/mol. The van der Waals surface area contributed by atoms with Crippen molar-refractivity contribution in [3.63, 3.8) is 0 Å². The molecule has 4 nitrogen and oxygen atoms in total. The summed E-state index contributed by atoms with van der Waals surface area (Å²) in [6, 6.07) is 12.3. The van der Waals surface area contributed by atoms with E-state index in [9.17, 15) is 10.2 Å². The van der Waals surface area contributed by atoms with Crippen LogP contribution in [0.1, 0.15) is 41.5 Å². The van der Waals surface area contributed by atoms with Crippen LogP contribution in [0.4, 0.5) is 0 Å². The van der Waals surface area contributed by atoms with Crippen LogP contribution in [0.5, 0.6) is 11.5 Å². The molecule has 0 bridgehead atoms. The zero-order valence-electron chi connectivity index (χ0n) is 16.1. The third kappa shape index (κ3) is 3.44. The Bertz CT molecular complexity index is 777. The summed E-state index contributed by atoms with van der Waals surface area (Å²) in [4.78, 5) is 0. The molecule has 2 unspecified atom stereocenters. The Kier molecular flexibility index (Phi) is 4.65. The molecular formula is C23H28O4. The maximum absolute atomic E-state index is 10.2. The lowest BCUT2D eigenvalue weighted by Crippen LogP contribution is -2.55. The van der Waals surface area contributed by atoms with Crippen LogP contribution in [-0.4, -0.2) is 34.6 Å². The van der Waals surface area contributed by atoms with Crippen LogP contribution in [0.25, 0.3) is 0 Å². The first-order valence-corrected chi connectivity index (χ1v) is 9.75. The lowest BCUT2D eigenvalue weighted by atomic mass is 9.78. The predicted octanol–water partition coefficient (Wildman–Crippen LogP) is 3.51. The largest absolute Gasteiger partial charge is 0.484 e. The van der Waals surface area contributed by atoms with Gasteiger partial charge < -0.3 is 19.7 Å². The molecule has 0 amide bonds. The van der Waals surface area contributed by atoms with Gasteiger partial charge in [-0.25, -0.2) is 0 Å². The van der Waals surface area contributed by atoms with Gasteiger partial charge in [0.25, 0.3) is 0 Å². The van der Waals surface area contributed by atoms with Crippen molar-refractivity contribution in [3.05, 3.63) is 58.7 Å². The van der Waals surface area contributed by atoms with Crippen LogP contribution < -0.4 is 9.47 Å². The van der Waals surface area contributed by atoms with E-state index >= 15 is 0 Å². The average molecular weight is 368 g/mol. The molecule has 2 aliphatic heterocycles. The number of aliphatic hydroxyl groups is 2. The molecule has 144 valence electrons. The normalized spacial score (nSPS) is 26.5. The van der Waals surface area contributed by atoms with Crippen molar-refractivity contribution in [3.8, 4) is 11.5 Å². The van der Waals surface area contributed by atoms with Crippen molar-refractivity contribution >= 4 is 0 Å². The molecule has 4 rings (SSSR count). The van der Waals surface area contributed by atoms with E-state index in [0.717, 1.165) is 24.3 Å². The molecule has 0 saturated carbocycles. The number of ether oxygens (including phenoxy) is 2. The standard InChI is InChI=1S/C23H28O4/c1-16-3-5-20-18(11-16)7-9-22(14-24,26-20)13-23(15-25)10-8-19-12-17(2)4-6-21(19)27-23/h3-6,11-12,24-25H,7-10,13-15H2,1-2H3. The third-order valence-electron chi connectivity index (χ3n) is 6.01. The predicted molar refractivity (Wildman–Crippen MR) is 105 cm³/mol. The fraction of sp³-hybridized carbons (Fsp3) is 0.478. The second-order valence-corrected chi connectivity index (χ2v) is 8.29. The second-order valence-electron chi connectivity index (χ2n) is 8.29. The Morgan fingerprint density at radius 2 is 1.22 bits per heavy atom. The first-order valence-electron chi connectivity index (χ1n) is 9.75. The van der Waals surface area contributed by atoms with Gasteiger partial charge in [-0.05, 0) is 62.8 Å². The van der Waals surface area contributed by atoms with E-state index in [1.165, 1.54) is 22.3 Å². The van der Waals surface area contributed by atoms with Gasteiger partial charge >= 0.3 is 0 Å². The summed E-state index contributed by atoms with van der Waals surface area (Å²) in [5.41, 5.74) is 3.33. The van der Waals surface area contributed by atoms with Crippen LogP contribution in [0.2, 0.25) is 0 Å². The molecule has 2 atom stereocenters. The van der Waals surface area contributed by atoms with Gasteiger partial charge in [-0.15, -0.1) is 0 Å². The summed E-state index contributed by atoms with van der Waals surface area (Å²) in [7, 11) is 0. The van der Waals surface area contributed by atoms with Crippen LogP contribution >= 0.6 is 0 Å². The first-order chi connectivity index (χ1) is 13.0. The van der Waals surface area contributed by atoms with Crippen molar-refractivity contribution in [2.45, 2.75) is 57.2 Å². The van der Waals surface area contributed by atoms with Gasteiger partial charge in [0, 0.05) is 6.42 Å². The van der Waals surface area contributed by atoms with E-state index in [4.69, 9.17) is 9.47 Å². The second kappa shape index (κ2) is 6.84. The molecule has 2 aromatic rings. The molecule has 0 spiro atoms. The van der Waals surface area contributed by atoms with Crippen molar-refractivity contribution in [2.75, 3.05) is 13.2 Å². The number of rotatable bonds is 4. The van der Waals surface area contributed by atoms with Crippen molar-refractivity contribution in [1.29, 1.82) is 0 Å². The van der Waals surface area contributed by atoms with E-state index < -0.39 is 11.2 Å². The minimum Gasteiger partial charge on any atom is -0.484 e. The highest BCUT2D eigenvalue weighted by Gasteiger charge is 2.47. The fourth-order valence-electron chi connectivity index (χ4n) is 4.47. The van der Waals surface area contributed by atoms with E-state index in [1.807, 2.05) is 24.3 Å². The molecule has 0 saturated heterocycles. The molecule has 2 aliphatic rings. The van der Waals surface area contributed by atoms with Crippen LogP contribution in [0.3, 0.4) is 0 Å². The monoisotopic (exact) mass is 368 g/mol. The Labute approximate surface area is 160 Å². The minimum absolute atomic E-state index is 0.0911. The topological polar surface area (TPSA) is 58.9 Å². The lowest BCUT2D eigenvalue weighted by molar-refractivity contribution is -0.0970. The summed E-state index contributed by atoms with van der Waals surface area (Å²) in [6.45, 7) is 3.96. The van der Waals surface area contributed by atoms with E-state index in [1.54, 1.807) is 0 Å². The minimum atomic E-state index is -0.729. The van der Waals surface area contributed by atoms with Crippen molar-refractivity contribution < 1.29 is 19.7 Å². The van der Waals surface area contributed by atoms with Crippen molar-refractivity contribution in [1.82, 2.24) is 0 Å². The third-order valence-corrected chi connectivity index (χ3v) is 6.01. The molecule has 2 N–H and O–H groups in total. The first kappa shape index (κ1) is 18.3. The molecule has 4 heteroatoms. The maximum atomic E-state index is 10.2. The summed E-state index contributed by atoms with van der Waals surface area (Å²) in [5, 5.41) is 20.5. The zero-order valence-corrected chi connectivity index (χ0v) is 16.1. The van der Waals surface area contributed by atoms with Gasteiger partial charge in [-0.2, -0.15) is 0 Å². The molecule has 0 aromatic heterocycles. The highest BCUT2D eigenvalue weighted by atomic mass is 16.5. The fourth-order valence-corrected chi connectivity index (χ4v) is 4.47. The quantitative estimate of drug-likeness (QED) is 0.867. The summed E-state index contributed by atoms with van der Waals surface area (Å²) in [5.74, 6) is 1.67. The average Bonchev–Trinajstić information content (AvgIpc) is 2.68. The van der Waals surface area contributed by atoms with Gasteiger partial charge in [-0.1, -0.05) is 35.4 Å². The van der Waals surface area contributed by atoms with Gasteiger partial charge in [0.15, 0.2) is 0 Å². The Morgan fingerprint density at radius 3 is 1.63 bits per heavy atom. The molecule has 0 radical (unpaired) electrons. The van der Waals surface area contributed by atoms with Gasteiger partial charge in [0.1, 0.15) is 22.7 Å². The number of benzene rings is 2. The number of hydrogen-bond acceptors (Lipinski definition) is 4. The lowest BCUT2D eigenvalue weighted by Gasteiger charge is -2.46. The van der Waals surface area contributed by atoms with Gasteiger partial charge in [0.2, 0.25) is 0 Å². The molecule has 27 heavy (non-hydrogen) atoms. The summed E-state index contributed by atoms with van der Waals surface area (Å²) < 4.78 is 12.6. The SMILES string of the molecule is Cc1ccc2c(c1)CCC(CO)(CC1(CO)CCc3cc(C)ccc3O1)O2. The highest BCUT2D eigenvalue weighted by molar-refractivity contribution is 5.41. The molecule has 0 fully saturated rings. The molecule has 2 aromatic carbocycles.